The second-order valence-electron chi connectivity index (χ2n) is 8.50. The number of ether oxygens (including phenoxy) is 1. The molecule has 0 aromatic carbocycles. The topological polar surface area (TPSA) is 79.0 Å². The zero-order valence-electron chi connectivity index (χ0n) is 16.2. The van der Waals surface area contributed by atoms with Crippen LogP contribution in [0, 0.1) is 11.3 Å². The maximum Gasteiger partial charge on any atom is 0.317 e. The summed E-state index contributed by atoms with van der Waals surface area (Å²) < 4.78 is 31.4. The number of likely N-dealkylation sites (tertiary alicyclic amines) is 1. The number of urea groups is 1. The molecular weight excluding hydrogens is 354 g/mol. The first kappa shape index (κ1) is 19.9. The van der Waals surface area contributed by atoms with E-state index in [0.29, 0.717) is 31.8 Å². The maximum atomic E-state index is 12.5. The number of carbonyl (C=O) groups excluding carboxylic acids is 1. The predicted molar refractivity (Wildman–Crippen MR) is 100 cm³/mol. The molecule has 150 valence electrons. The van der Waals surface area contributed by atoms with Crippen molar-refractivity contribution in [1.82, 2.24) is 14.5 Å². The third-order valence-corrected chi connectivity index (χ3v) is 8.72. The molecule has 26 heavy (non-hydrogen) atoms. The van der Waals surface area contributed by atoms with Gasteiger partial charge in [-0.3, -0.25) is 0 Å². The van der Waals surface area contributed by atoms with E-state index in [-0.39, 0.29) is 17.5 Å². The minimum absolute atomic E-state index is 0.0128. The molecule has 1 saturated carbocycles. The van der Waals surface area contributed by atoms with Gasteiger partial charge in [0, 0.05) is 44.7 Å². The van der Waals surface area contributed by atoms with Crippen molar-refractivity contribution in [1.29, 1.82) is 0 Å². The van der Waals surface area contributed by atoms with Crippen LogP contribution in [0.15, 0.2) is 0 Å². The molecule has 0 unspecified atom stereocenters. The molecule has 0 atom stereocenters. The van der Waals surface area contributed by atoms with E-state index in [1.54, 1.807) is 25.3 Å². The second-order valence-corrected chi connectivity index (χ2v) is 11.0. The summed E-state index contributed by atoms with van der Waals surface area (Å²) >= 11 is 0. The summed E-state index contributed by atoms with van der Waals surface area (Å²) in [6, 6.07) is 0.0449. The predicted octanol–water partition coefficient (Wildman–Crippen LogP) is 1.65. The molecule has 2 saturated heterocycles. The maximum absolute atomic E-state index is 12.5. The van der Waals surface area contributed by atoms with Crippen LogP contribution in [-0.4, -0.2) is 74.8 Å². The molecule has 0 radical (unpaired) electrons. The van der Waals surface area contributed by atoms with Crippen molar-refractivity contribution in [3.63, 3.8) is 0 Å². The first-order valence-corrected chi connectivity index (χ1v) is 11.3. The van der Waals surface area contributed by atoms with Gasteiger partial charge in [-0.25, -0.2) is 17.5 Å². The quantitative estimate of drug-likeness (QED) is 0.752. The summed E-state index contributed by atoms with van der Waals surface area (Å²) in [5, 5.41) is 2.71. The van der Waals surface area contributed by atoms with Crippen molar-refractivity contribution in [2.75, 3.05) is 39.9 Å². The Balaban J connectivity index is 1.45. The van der Waals surface area contributed by atoms with Gasteiger partial charge in [0.1, 0.15) is 0 Å². The van der Waals surface area contributed by atoms with Gasteiger partial charge in [-0.1, -0.05) is 6.42 Å². The highest BCUT2D eigenvalue weighted by Crippen LogP contribution is 2.48. The molecule has 7 nitrogen and oxygen atoms in total. The Kier molecular flexibility index (Phi) is 5.84. The van der Waals surface area contributed by atoms with Crippen LogP contribution in [0.1, 0.15) is 46.0 Å². The molecule has 8 heteroatoms. The fourth-order valence-electron chi connectivity index (χ4n) is 4.45. The number of methoxy groups -OCH3 is 1. The Hall–Kier alpha value is -0.860. The summed E-state index contributed by atoms with van der Waals surface area (Å²) in [5.41, 5.74) is 0.152. The molecule has 1 N–H and O–H groups in total. The van der Waals surface area contributed by atoms with Crippen LogP contribution in [0.25, 0.3) is 0 Å². The summed E-state index contributed by atoms with van der Waals surface area (Å²) in [4.78, 5) is 14.4. The fraction of sp³-hybridized carbons (Fsp3) is 0.944. The molecule has 1 aliphatic carbocycles. The van der Waals surface area contributed by atoms with Crippen molar-refractivity contribution in [3.05, 3.63) is 0 Å². The average molecular weight is 388 g/mol. The third-order valence-electron chi connectivity index (χ3n) is 6.44. The molecule has 3 fully saturated rings. The Labute approximate surface area is 157 Å². The molecule has 0 spiro atoms. The number of carbonyl (C=O) groups is 1. The van der Waals surface area contributed by atoms with Gasteiger partial charge >= 0.3 is 6.03 Å². The molecule has 0 aromatic rings. The van der Waals surface area contributed by atoms with Gasteiger partial charge in [0.05, 0.1) is 11.9 Å². The van der Waals surface area contributed by atoms with Gasteiger partial charge in [-0.2, -0.15) is 0 Å². The minimum Gasteiger partial charge on any atom is -0.384 e. The zero-order valence-corrected chi connectivity index (χ0v) is 17.1. The standard InChI is InChI=1S/C18H33N3O4S/c1-14(2)26(23,24)21-9-7-16(8-10-21)19-17(22)20-11-18(12-20,13-25-3)15-5-4-6-15/h14-16H,4-13H2,1-3H3,(H,19,22). The van der Waals surface area contributed by atoms with Crippen molar-refractivity contribution >= 4 is 16.1 Å². The van der Waals surface area contributed by atoms with Crippen molar-refractivity contribution in [2.24, 2.45) is 11.3 Å². The van der Waals surface area contributed by atoms with Crippen LogP contribution in [-0.2, 0) is 14.8 Å². The Bertz CT molecular complexity index is 604. The number of sulfonamides is 1. The molecule has 2 amide bonds. The fourth-order valence-corrected chi connectivity index (χ4v) is 5.77. The largest absolute Gasteiger partial charge is 0.384 e. The van der Waals surface area contributed by atoms with E-state index in [4.69, 9.17) is 4.74 Å². The highest BCUT2D eigenvalue weighted by atomic mass is 32.2. The number of hydrogen-bond acceptors (Lipinski definition) is 4. The normalized spacial score (nSPS) is 25.0. The molecule has 3 aliphatic rings. The van der Waals surface area contributed by atoms with E-state index in [9.17, 15) is 13.2 Å². The van der Waals surface area contributed by atoms with Crippen LogP contribution < -0.4 is 5.32 Å². The molecule has 0 aromatic heterocycles. The Morgan fingerprint density at radius 2 is 1.81 bits per heavy atom. The molecular formula is C18H33N3O4S. The minimum atomic E-state index is -3.19. The number of nitrogens with zero attached hydrogens (tertiary/aromatic N) is 2. The van der Waals surface area contributed by atoms with E-state index in [0.717, 1.165) is 19.7 Å². The number of rotatable bonds is 6. The summed E-state index contributed by atoms with van der Waals surface area (Å²) in [6.45, 7) is 6.67. The second kappa shape index (κ2) is 7.64. The van der Waals surface area contributed by atoms with E-state index in [1.165, 1.54) is 19.3 Å². The SMILES string of the molecule is COCC1(C2CCC2)CN(C(=O)NC2CCN(S(=O)(=O)C(C)C)CC2)C1. The van der Waals surface area contributed by atoms with E-state index in [2.05, 4.69) is 5.32 Å². The third kappa shape index (κ3) is 3.73. The first-order chi connectivity index (χ1) is 12.3. The summed E-state index contributed by atoms with van der Waals surface area (Å²) in [7, 11) is -1.45. The number of piperidine rings is 1. The lowest BCUT2D eigenvalue weighted by Crippen LogP contribution is -2.67. The molecule has 0 bridgehead atoms. The van der Waals surface area contributed by atoms with E-state index < -0.39 is 15.3 Å². The lowest BCUT2D eigenvalue weighted by Gasteiger charge is -2.56. The Morgan fingerprint density at radius 1 is 1.19 bits per heavy atom. The monoisotopic (exact) mass is 387 g/mol. The highest BCUT2D eigenvalue weighted by molar-refractivity contribution is 7.89. The zero-order chi connectivity index (χ0) is 18.9. The summed E-state index contributed by atoms with van der Waals surface area (Å²) in [5.74, 6) is 0.691. The molecule has 2 heterocycles. The molecule has 2 aliphatic heterocycles. The van der Waals surface area contributed by atoms with Gasteiger partial charge in [0.2, 0.25) is 10.0 Å². The van der Waals surface area contributed by atoms with Gasteiger partial charge in [0.15, 0.2) is 0 Å². The van der Waals surface area contributed by atoms with E-state index >= 15 is 0 Å². The average Bonchev–Trinajstić information content (AvgIpc) is 2.50. The number of nitrogens with one attached hydrogen (secondary N) is 1. The highest BCUT2D eigenvalue weighted by Gasteiger charge is 2.52. The lowest BCUT2D eigenvalue weighted by atomic mass is 9.61. The van der Waals surface area contributed by atoms with Crippen LogP contribution in [0.4, 0.5) is 4.79 Å². The van der Waals surface area contributed by atoms with Crippen LogP contribution in [0.3, 0.4) is 0 Å². The van der Waals surface area contributed by atoms with Gasteiger partial charge in [-0.05, 0) is 45.4 Å². The van der Waals surface area contributed by atoms with Gasteiger partial charge in [-0.15, -0.1) is 0 Å². The van der Waals surface area contributed by atoms with Crippen molar-refractivity contribution in [2.45, 2.75) is 57.2 Å². The molecule has 3 rings (SSSR count). The lowest BCUT2D eigenvalue weighted by molar-refractivity contribution is -0.0942. The van der Waals surface area contributed by atoms with Gasteiger partial charge in [0.25, 0.3) is 0 Å². The Morgan fingerprint density at radius 3 is 2.27 bits per heavy atom. The van der Waals surface area contributed by atoms with Crippen LogP contribution in [0.5, 0.6) is 0 Å². The van der Waals surface area contributed by atoms with Crippen LogP contribution >= 0.6 is 0 Å². The van der Waals surface area contributed by atoms with Crippen molar-refractivity contribution in [3.8, 4) is 0 Å². The first-order valence-electron chi connectivity index (χ1n) is 9.82. The van der Waals surface area contributed by atoms with Crippen molar-refractivity contribution < 1.29 is 17.9 Å². The number of hydrogen-bond donors (Lipinski definition) is 1. The summed E-state index contributed by atoms with van der Waals surface area (Å²) in [6.07, 6.45) is 5.15. The van der Waals surface area contributed by atoms with Crippen LogP contribution in [0.2, 0.25) is 0 Å². The van der Waals surface area contributed by atoms with E-state index in [1.807, 2.05) is 4.90 Å². The van der Waals surface area contributed by atoms with Gasteiger partial charge < -0.3 is 15.0 Å². The smallest absolute Gasteiger partial charge is 0.317 e. The number of amides is 2.